The van der Waals surface area contributed by atoms with Gasteiger partial charge in [-0.25, -0.2) is 4.68 Å². The third kappa shape index (κ3) is 3.38. The highest BCUT2D eigenvalue weighted by atomic mass is 32.1. The molecule has 0 fully saturated rings. The summed E-state index contributed by atoms with van der Waals surface area (Å²) in [6, 6.07) is 11.5. The average molecular weight is 339 g/mol. The van der Waals surface area contributed by atoms with Crippen LogP contribution in [-0.2, 0) is 0 Å². The van der Waals surface area contributed by atoms with Gasteiger partial charge in [0.1, 0.15) is 11.5 Å². The van der Waals surface area contributed by atoms with Gasteiger partial charge in [-0.3, -0.25) is 4.99 Å². The lowest BCUT2D eigenvalue weighted by Gasteiger charge is -2.08. The molecule has 3 rings (SSSR count). The first-order valence-electron chi connectivity index (χ1n) is 7.36. The quantitative estimate of drug-likeness (QED) is 0.507. The summed E-state index contributed by atoms with van der Waals surface area (Å²) in [5.41, 5.74) is 1.86. The molecular formula is C18H17N3O2S. The summed E-state index contributed by atoms with van der Waals surface area (Å²) < 4.78 is 12.6. The van der Waals surface area contributed by atoms with Crippen molar-refractivity contribution >= 4 is 17.6 Å². The van der Waals surface area contributed by atoms with Crippen LogP contribution in [0.4, 0.5) is 0 Å². The highest BCUT2D eigenvalue weighted by Crippen LogP contribution is 2.29. The molecule has 2 aromatic heterocycles. The number of para-hydroxylation sites is 1. The number of nitrogens with zero attached hydrogens (tertiary/aromatic N) is 3. The Morgan fingerprint density at radius 2 is 2.17 bits per heavy atom. The summed E-state index contributed by atoms with van der Waals surface area (Å²) in [5, 5.41) is 6.55. The molecule has 2 heterocycles. The summed E-state index contributed by atoms with van der Waals surface area (Å²) in [5.74, 6) is 1.46. The van der Waals surface area contributed by atoms with Crippen LogP contribution in [0.3, 0.4) is 0 Å². The van der Waals surface area contributed by atoms with E-state index in [1.807, 2.05) is 41.8 Å². The van der Waals surface area contributed by atoms with Gasteiger partial charge in [0, 0.05) is 10.9 Å². The van der Waals surface area contributed by atoms with E-state index in [1.54, 1.807) is 30.3 Å². The Balaban J connectivity index is 2.12. The van der Waals surface area contributed by atoms with Crippen molar-refractivity contribution in [3.8, 4) is 17.0 Å². The van der Waals surface area contributed by atoms with Gasteiger partial charge in [-0.1, -0.05) is 18.2 Å². The molecule has 6 heteroatoms. The van der Waals surface area contributed by atoms with Gasteiger partial charge in [-0.15, -0.1) is 17.9 Å². The molecule has 0 amide bonds. The third-order valence-electron chi connectivity index (χ3n) is 3.27. The number of ether oxygens (including phenoxy) is 1. The molecule has 0 saturated heterocycles. The predicted octanol–water partition coefficient (Wildman–Crippen LogP) is 3.79. The number of thiazole rings is 1. The highest BCUT2D eigenvalue weighted by molar-refractivity contribution is 7.07. The molecule has 0 aliphatic rings. The van der Waals surface area contributed by atoms with E-state index < -0.39 is 0 Å². The van der Waals surface area contributed by atoms with Gasteiger partial charge in [0.05, 0.1) is 31.8 Å². The van der Waals surface area contributed by atoms with Gasteiger partial charge < -0.3 is 9.15 Å². The molecule has 0 bridgehead atoms. The van der Waals surface area contributed by atoms with E-state index in [1.165, 1.54) is 11.3 Å². The minimum atomic E-state index is 0.530. The standard InChI is InChI=1S/C18H17N3O2S/c1-3-10-19-18-21(20-12-14-7-6-11-23-14)16(13-24-18)15-8-4-5-9-17(15)22-2/h3-9,11-13H,1,10H2,2H3. The van der Waals surface area contributed by atoms with Crippen LogP contribution >= 0.6 is 11.3 Å². The number of methoxy groups -OCH3 is 1. The van der Waals surface area contributed by atoms with E-state index in [9.17, 15) is 0 Å². The largest absolute Gasteiger partial charge is 0.496 e. The monoisotopic (exact) mass is 339 g/mol. The van der Waals surface area contributed by atoms with Gasteiger partial charge >= 0.3 is 0 Å². The zero-order valence-electron chi connectivity index (χ0n) is 13.3. The molecule has 122 valence electrons. The van der Waals surface area contributed by atoms with Crippen molar-refractivity contribution in [2.45, 2.75) is 0 Å². The molecule has 0 unspecified atom stereocenters. The molecular weight excluding hydrogens is 322 g/mol. The molecule has 0 saturated carbocycles. The molecule has 24 heavy (non-hydrogen) atoms. The van der Waals surface area contributed by atoms with Crippen molar-refractivity contribution in [1.82, 2.24) is 4.68 Å². The zero-order valence-corrected chi connectivity index (χ0v) is 14.1. The second-order valence-electron chi connectivity index (χ2n) is 4.80. The highest BCUT2D eigenvalue weighted by Gasteiger charge is 2.11. The van der Waals surface area contributed by atoms with Crippen LogP contribution < -0.4 is 9.54 Å². The molecule has 0 N–H and O–H groups in total. The molecule has 0 spiro atoms. The molecule has 0 aliphatic heterocycles. The number of rotatable bonds is 6. The van der Waals surface area contributed by atoms with Crippen molar-refractivity contribution in [1.29, 1.82) is 0 Å². The van der Waals surface area contributed by atoms with E-state index in [0.29, 0.717) is 12.3 Å². The van der Waals surface area contributed by atoms with Crippen LogP contribution in [0.1, 0.15) is 5.76 Å². The predicted molar refractivity (Wildman–Crippen MR) is 96.6 cm³/mol. The van der Waals surface area contributed by atoms with Crippen LogP contribution in [0.15, 0.2) is 75.2 Å². The van der Waals surface area contributed by atoms with E-state index >= 15 is 0 Å². The number of aromatic nitrogens is 1. The van der Waals surface area contributed by atoms with Gasteiger partial charge in [-0.2, -0.15) is 5.10 Å². The number of furan rings is 1. The molecule has 1 aromatic carbocycles. The lowest BCUT2D eigenvalue weighted by molar-refractivity contribution is 0.416. The van der Waals surface area contributed by atoms with Crippen molar-refractivity contribution < 1.29 is 9.15 Å². The first-order chi connectivity index (χ1) is 11.8. The van der Waals surface area contributed by atoms with Crippen molar-refractivity contribution in [2.75, 3.05) is 13.7 Å². The average Bonchev–Trinajstić information content (AvgIpc) is 3.27. The summed E-state index contributed by atoms with van der Waals surface area (Å²) in [6.07, 6.45) is 5.03. The number of hydrogen-bond donors (Lipinski definition) is 0. The topological polar surface area (TPSA) is 52.0 Å². The maximum atomic E-state index is 5.47. The summed E-state index contributed by atoms with van der Waals surface area (Å²) >= 11 is 1.52. The molecule has 0 atom stereocenters. The Kier molecular flexibility index (Phi) is 5.08. The van der Waals surface area contributed by atoms with Crippen molar-refractivity contribution in [3.05, 3.63) is 71.3 Å². The third-order valence-corrected chi connectivity index (χ3v) is 4.12. The molecule has 0 radical (unpaired) electrons. The Bertz CT molecular complexity index is 904. The Hall–Kier alpha value is -2.86. The van der Waals surface area contributed by atoms with Crippen LogP contribution in [0.5, 0.6) is 5.75 Å². The fourth-order valence-electron chi connectivity index (χ4n) is 2.18. The van der Waals surface area contributed by atoms with Gasteiger partial charge in [-0.05, 0) is 24.3 Å². The maximum absolute atomic E-state index is 5.47. The Labute approximate surface area is 143 Å². The minimum absolute atomic E-state index is 0.530. The van der Waals surface area contributed by atoms with E-state index in [4.69, 9.17) is 9.15 Å². The normalized spacial score (nSPS) is 12.0. The van der Waals surface area contributed by atoms with E-state index in [0.717, 1.165) is 21.8 Å². The van der Waals surface area contributed by atoms with Gasteiger partial charge in [0.25, 0.3) is 0 Å². The summed E-state index contributed by atoms with van der Waals surface area (Å²) in [4.78, 5) is 5.28. The Morgan fingerprint density at radius 3 is 2.92 bits per heavy atom. The fourth-order valence-corrected chi connectivity index (χ4v) is 3.02. The fraction of sp³-hybridized carbons (Fsp3) is 0.111. The Morgan fingerprint density at radius 1 is 1.29 bits per heavy atom. The lowest BCUT2D eigenvalue weighted by Crippen LogP contribution is -2.12. The summed E-state index contributed by atoms with van der Waals surface area (Å²) in [7, 11) is 1.66. The number of hydrogen-bond acceptors (Lipinski definition) is 5. The first-order valence-corrected chi connectivity index (χ1v) is 8.24. The van der Waals surface area contributed by atoms with E-state index in [-0.39, 0.29) is 0 Å². The van der Waals surface area contributed by atoms with Crippen LogP contribution in [-0.4, -0.2) is 24.5 Å². The van der Waals surface area contributed by atoms with Crippen molar-refractivity contribution in [3.63, 3.8) is 0 Å². The van der Waals surface area contributed by atoms with Crippen LogP contribution in [0.2, 0.25) is 0 Å². The SMILES string of the molecule is C=CCN=c1scc(-c2ccccc2OC)n1N=Cc1ccco1. The lowest BCUT2D eigenvalue weighted by atomic mass is 10.1. The second-order valence-corrected chi connectivity index (χ2v) is 5.64. The zero-order chi connectivity index (χ0) is 16.8. The minimum Gasteiger partial charge on any atom is -0.496 e. The first kappa shape index (κ1) is 16.0. The van der Waals surface area contributed by atoms with E-state index in [2.05, 4.69) is 16.7 Å². The second kappa shape index (κ2) is 7.61. The van der Waals surface area contributed by atoms with Crippen molar-refractivity contribution in [2.24, 2.45) is 10.1 Å². The molecule has 3 aromatic rings. The molecule has 0 aliphatic carbocycles. The smallest absolute Gasteiger partial charge is 0.206 e. The van der Waals surface area contributed by atoms with Gasteiger partial charge in [0.15, 0.2) is 0 Å². The maximum Gasteiger partial charge on any atom is 0.206 e. The summed E-state index contributed by atoms with van der Waals surface area (Å²) in [6.45, 7) is 4.24. The number of benzene rings is 1. The molecule has 5 nitrogen and oxygen atoms in total. The van der Waals surface area contributed by atoms with Crippen LogP contribution in [0.25, 0.3) is 11.3 Å². The van der Waals surface area contributed by atoms with Crippen LogP contribution in [0, 0.1) is 0 Å². The van der Waals surface area contributed by atoms with Gasteiger partial charge in [0.2, 0.25) is 4.80 Å².